The van der Waals surface area contributed by atoms with Gasteiger partial charge in [-0.15, -0.1) is 0 Å². The lowest BCUT2D eigenvalue weighted by Crippen LogP contribution is -2.31. The van der Waals surface area contributed by atoms with E-state index in [1.54, 1.807) is 36.4 Å². The highest BCUT2D eigenvalue weighted by Gasteiger charge is 2.18. The molecule has 27 heavy (non-hydrogen) atoms. The zero-order valence-corrected chi connectivity index (χ0v) is 15.7. The molecule has 1 amide bonds. The smallest absolute Gasteiger partial charge is 0.344 e. The highest BCUT2D eigenvalue weighted by molar-refractivity contribution is 5.95. The molecule has 1 atom stereocenters. The van der Waals surface area contributed by atoms with Gasteiger partial charge in [-0.1, -0.05) is 19.1 Å². The van der Waals surface area contributed by atoms with E-state index in [2.05, 4.69) is 12.2 Å². The molecule has 6 heteroatoms. The van der Waals surface area contributed by atoms with E-state index in [-0.39, 0.29) is 12.4 Å². The van der Waals surface area contributed by atoms with Crippen LogP contribution in [0, 0.1) is 0 Å². The van der Waals surface area contributed by atoms with Gasteiger partial charge < -0.3 is 14.8 Å². The zero-order valence-electron chi connectivity index (χ0n) is 15.7. The maximum absolute atomic E-state index is 12.1. The summed E-state index contributed by atoms with van der Waals surface area (Å²) in [7, 11) is 0. The fraction of sp³-hybridized carbons (Fsp3) is 0.286. The number of hydrogen-bond donors (Lipinski definition) is 1. The average molecular weight is 369 g/mol. The minimum atomic E-state index is -0.952. The Morgan fingerprint density at radius 3 is 2.19 bits per heavy atom. The summed E-state index contributed by atoms with van der Waals surface area (Å²) in [5, 5.41) is 2.70. The molecule has 0 unspecified atom stereocenters. The number of ether oxygens (including phenoxy) is 2. The molecule has 2 aromatic rings. The van der Waals surface area contributed by atoms with Crippen molar-refractivity contribution in [1.82, 2.24) is 0 Å². The van der Waals surface area contributed by atoms with Crippen molar-refractivity contribution in [3.05, 3.63) is 59.7 Å². The summed E-state index contributed by atoms with van der Waals surface area (Å²) in [4.78, 5) is 35.2. The van der Waals surface area contributed by atoms with Crippen LogP contribution in [0.2, 0.25) is 0 Å². The lowest BCUT2D eigenvalue weighted by molar-refractivity contribution is -0.155. The highest BCUT2D eigenvalue weighted by Crippen LogP contribution is 2.13. The van der Waals surface area contributed by atoms with E-state index < -0.39 is 18.0 Å². The summed E-state index contributed by atoms with van der Waals surface area (Å²) < 4.78 is 10.4. The minimum absolute atomic E-state index is 0.0508. The molecule has 0 radical (unpaired) electrons. The van der Waals surface area contributed by atoms with Crippen molar-refractivity contribution >= 4 is 23.3 Å². The van der Waals surface area contributed by atoms with Crippen molar-refractivity contribution in [2.45, 2.75) is 33.3 Å². The average Bonchev–Trinajstić information content (AvgIpc) is 2.67. The van der Waals surface area contributed by atoms with Crippen LogP contribution < -0.4 is 10.1 Å². The van der Waals surface area contributed by atoms with Gasteiger partial charge in [0.25, 0.3) is 5.91 Å². The van der Waals surface area contributed by atoms with Gasteiger partial charge in [-0.2, -0.15) is 0 Å². The molecule has 0 aliphatic rings. The number of amides is 1. The summed E-state index contributed by atoms with van der Waals surface area (Å²) in [5.41, 5.74) is 2.37. The van der Waals surface area contributed by atoms with E-state index in [0.29, 0.717) is 17.0 Å². The van der Waals surface area contributed by atoms with Crippen molar-refractivity contribution < 1.29 is 23.9 Å². The molecule has 142 valence electrons. The normalized spacial score (nSPS) is 11.4. The Bertz CT molecular complexity index is 796. The van der Waals surface area contributed by atoms with Crippen LogP contribution in [0.3, 0.4) is 0 Å². The number of benzene rings is 2. The highest BCUT2D eigenvalue weighted by atomic mass is 16.6. The van der Waals surface area contributed by atoms with Crippen LogP contribution in [0.15, 0.2) is 48.5 Å². The molecule has 0 saturated heterocycles. The maximum atomic E-state index is 12.1. The third kappa shape index (κ3) is 6.26. The Kier molecular flexibility index (Phi) is 7.11. The second kappa shape index (κ2) is 9.52. The number of anilines is 1. The zero-order chi connectivity index (χ0) is 19.8. The number of carbonyl (C=O) groups excluding carboxylic acids is 3. The Morgan fingerprint density at radius 1 is 1.00 bits per heavy atom. The number of carbonyl (C=O) groups is 3. The third-order valence-electron chi connectivity index (χ3n) is 3.92. The Labute approximate surface area is 158 Å². The first-order valence-corrected chi connectivity index (χ1v) is 8.72. The lowest BCUT2D eigenvalue weighted by Gasteiger charge is -2.14. The second-order valence-corrected chi connectivity index (χ2v) is 6.04. The monoisotopic (exact) mass is 369 g/mol. The van der Waals surface area contributed by atoms with Gasteiger partial charge in [0, 0.05) is 11.3 Å². The second-order valence-electron chi connectivity index (χ2n) is 6.04. The predicted molar refractivity (Wildman–Crippen MR) is 102 cm³/mol. The molecule has 0 bridgehead atoms. The van der Waals surface area contributed by atoms with Gasteiger partial charge in [0.15, 0.2) is 18.5 Å². The van der Waals surface area contributed by atoms with E-state index in [1.807, 2.05) is 12.1 Å². The first-order chi connectivity index (χ1) is 12.9. The minimum Gasteiger partial charge on any atom is -0.482 e. The van der Waals surface area contributed by atoms with E-state index in [9.17, 15) is 14.4 Å². The molecule has 0 aliphatic heterocycles. The van der Waals surface area contributed by atoms with Crippen molar-refractivity contribution in [1.29, 1.82) is 0 Å². The van der Waals surface area contributed by atoms with Gasteiger partial charge >= 0.3 is 5.97 Å². The number of rotatable bonds is 8. The van der Waals surface area contributed by atoms with Crippen molar-refractivity contribution in [2.75, 3.05) is 11.9 Å². The van der Waals surface area contributed by atoms with Crippen LogP contribution in [-0.4, -0.2) is 30.4 Å². The van der Waals surface area contributed by atoms with Gasteiger partial charge in [0.05, 0.1) is 0 Å². The van der Waals surface area contributed by atoms with Crippen LogP contribution in [0.5, 0.6) is 5.75 Å². The Morgan fingerprint density at radius 2 is 1.63 bits per heavy atom. The molecule has 0 aliphatic carbocycles. The van der Waals surface area contributed by atoms with Gasteiger partial charge in [0.2, 0.25) is 0 Å². The topological polar surface area (TPSA) is 81.7 Å². The summed E-state index contributed by atoms with van der Waals surface area (Å²) in [5.74, 6) is -0.691. The fourth-order valence-corrected chi connectivity index (χ4v) is 2.28. The van der Waals surface area contributed by atoms with E-state index in [1.165, 1.54) is 19.4 Å². The summed E-state index contributed by atoms with van der Waals surface area (Å²) >= 11 is 0. The van der Waals surface area contributed by atoms with Crippen LogP contribution in [0.4, 0.5) is 5.69 Å². The number of nitrogens with one attached hydrogen (secondary N) is 1. The molecule has 6 nitrogen and oxygen atoms in total. The van der Waals surface area contributed by atoms with Gasteiger partial charge in [-0.3, -0.25) is 9.59 Å². The summed E-state index contributed by atoms with van der Waals surface area (Å²) in [6.07, 6.45) is -0.0354. The molecule has 0 saturated carbocycles. The van der Waals surface area contributed by atoms with Crippen LogP contribution >= 0.6 is 0 Å². The van der Waals surface area contributed by atoms with Gasteiger partial charge in [0.1, 0.15) is 5.75 Å². The quantitative estimate of drug-likeness (QED) is 0.570. The molecule has 2 rings (SSSR count). The molecule has 0 aromatic heterocycles. The van der Waals surface area contributed by atoms with Crippen molar-refractivity contribution in [3.63, 3.8) is 0 Å². The van der Waals surface area contributed by atoms with Crippen LogP contribution in [-0.2, 0) is 20.7 Å². The molecular weight excluding hydrogens is 346 g/mol. The molecule has 2 aromatic carbocycles. The van der Waals surface area contributed by atoms with Crippen LogP contribution in [0.25, 0.3) is 0 Å². The fourth-order valence-electron chi connectivity index (χ4n) is 2.28. The first-order valence-electron chi connectivity index (χ1n) is 8.72. The van der Waals surface area contributed by atoms with Gasteiger partial charge in [-0.25, -0.2) is 4.79 Å². The Hall–Kier alpha value is -3.15. The van der Waals surface area contributed by atoms with Crippen molar-refractivity contribution in [3.8, 4) is 5.75 Å². The maximum Gasteiger partial charge on any atom is 0.344 e. The summed E-state index contributed by atoms with van der Waals surface area (Å²) in [6, 6.07) is 13.9. The largest absolute Gasteiger partial charge is 0.482 e. The molecule has 1 N–H and O–H groups in total. The molecule has 0 fully saturated rings. The van der Waals surface area contributed by atoms with E-state index in [4.69, 9.17) is 9.47 Å². The third-order valence-corrected chi connectivity index (χ3v) is 3.92. The number of Topliss-reactive ketones (excluding diaryl/α,β-unsaturated/α-hetero) is 1. The Balaban J connectivity index is 1.79. The van der Waals surface area contributed by atoms with Crippen LogP contribution in [0.1, 0.15) is 36.7 Å². The lowest BCUT2D eigenvalue weighted by atomic mass is 10.1. The first kappa shape index (κ1) is 20.2. The van der Waals surface area contributed by atoms with Crippen molar-refractivity contribution in [2.24, 2.45) is 0 Å². The number of esters is 1. The molecular formula is C21H23NO5. The van der Waals surface area contributed by atoms with E-state index >= 15 is 0 Å². The predicted octanol–water partition coefficient (Wildman–Crippen LogP) is 3.40. The van der Waals surface area contributed by atoms with Gasteiger partial charge in [-0.05, 0) is 62.2 Å². The number of aryl methyl sites for hydroxylation is 1. The standard InChI is InChI=1S/C21H23NO5/c1-4-16-5-9-18(10-6-16)22-21(25)15(3)27-20(24)13-26-19-11-7-17(8-12-19)14(2)23/h5-12,15H,4,13H2,1-3H3,(H,22,25)/t15-/m0/s1. The van der Waals surface area contributed by atoms with E-state index in [0.717, 1.165) is 6.42 Å². The number of ketones is 1. The molecule has 0 spiro atoms. The number of hydrogen-bond acceptors (Lipinski definition) is 5. The SMILES string of the molecule is CCc1ccc(NC(=O)[C@H](C)OC(=O)COc2ccc(C(C)=O)cc2)cc1. The summed E-state index contributed by atoms with van der Waals surface area (Å²) in [6.45, 7) is 4.68. The molecule has 0 heterocycles.